The summed E-state index contributed by atoms with van der Waals surface area (Å²) in [5.74, 6) is -0.568. The number of halogens is 3. The molecule has 2 aromatic carbocycles. The number of carbonyl (C=O) groups excluding carboxylic acids is 2. The third kappa shape index (κ3) is 4.49. The first-order valence-corrected chi connectivity index (χ1v) is 9.92. The van der Waals surface area contributed by atoms with Crippen molar-refractivity contribution in [3.05, 3.63) is 65.2 Å². The van der Waals surface area contributed by atoms with Gasteiger partial charge in [-0.1, -0.05) is 6.07 Å². The van der Waals surface area contributed by atoms with Crippen LogP contribution in [-0.2, 0) is 6.18 Å². The Morgan fingerprint density at radius 2 is 1.39 bits per heavy atom. The molecule has 0 bridgehead atoms. The Balaban J connectivity index is 1.63. The minimum absolute atomic E-state index is 0.00209. The summed E-state index contributed by atoms with van der Waals surface area (Å²) in [6.45, 7) is 1.25. The molecule has 148 valence electrons. The van der Waals surface area contributed by atoms with E-state index in [-0.39, 0.29) is 24.6 Å². The maximum absolute atomic E-state index is 12.9. The Labute approximate surface area is 165 Å². The lowest BCUT2D eigenvalue weighted by atomic mass is 10.1. The Bertz CT molecular complexity index is 860. The van der Waals surface area contributed by atoms with Crippen LogP contribution in [0.3, 0.4) is 0 Å². The first-order chi connectivity index (χ1) is 13.3. The van der Waals surface area contributed by atoms with Crippen LogP contribution in [0.2, 0.25) is 0 Å². The summed E-state index contributed by atoms with van der Waals surface area (Å²) in [5.41, 5.74) is -0.265. The third-order valence-corrected chi connectivity index (χ3v) is 5.37. The second kappa shape index (κ2) is 8.26. The van der Waals surface area contributed by atoms with Crippen LogP contribution in [0.4, 0.5) is 13.2 Å². The molecule has 8 heteroatoms. The minimum Gasteiger partial charge on any atom is -0.335 e. The van der Waals surface area contributed by atoms with Gasteiger partial charge in [-0.25, -0.2) is 0 Å². The molecule has 0 atom stereocenters. The first kappa shape index (κ1) is 20.3. The number of carbonyl (C=O) groups is 2. The second-order valence-corrected chi connectivity index (χ2v) is 7.27. The van der Waals surface area contributed by atoms with Gasteiger partial charge in [0.2, 0.25) is 0 Å². The average Bonchev–Trinajstić information content (AvgIpc) is 2.72. The molecule has 0 unspecified atom stereocenters. The monoisotopic (exact) mass is 408 g/mol. The largest absolute Gasteiger partial charge is 0.416 e. The number of amides is 2. The van der Waals surface area contributed by atoms with Crippen molar-refractivity contribution in [3.8, 4) is 0 Å². The van der Waals surface area contributed by atoms with Gasteiger partial charge in [0, 0.05) is 42.2 Å². The molecule has 0 N–H and O–H groups in total. The van der Waals surface area contributed by atoms with E-state index < -0.39 is 17.6 Å². The first-order valence-electron chi connectivity index (χ1n) is 8.69. The predicted molar refractivity (Wildman–Crippen MR) is 101 cm³/mol. The van der Waals surface area contributed by atoms with Crippen molar-refractivity contribution in [2.75, 3.05) is 32.4 Å². The van der Waals surface area contributed by atoms with E-state index in [1.807, 2.05) is 18.4 Å². The zero-order valence-electron chi connectivity index (χ0n) is 15.2. The lowest BCUT2D eigenvalue weighted by molar-refractivity contribution is -0.137. The van der Waals surface area contributed by atoms with Crippen LogP contribution in [0.25, 0.3) is 0 Å². The molecule has 4 nitrogen and oxygen atoms in total. The van der Waals surface area contributed by atoms with Crippen molar-refractivity contribution >= 4 is 23.6 Å². The molecule has 1 saturated heterocycles. The van der Waals surface area contributed by atoms with E-state index in [9.17, 15) is 22.8 Å². The van der Waals surface area contributed by atoms with E-state index >= 15 is 0 Å². The van der Waals surface area contributed by atoms with Gasteiger partial charge in [0.15, 0.2) is 0 Å². The highest BCUT2D eigenvalue weighted by molar-refractivity contribution is 7.98. The van der Waals surface area contributed by atoms with Gasteiger partial charge in [-0.2, -0.15) is 13.2 Å². The van der Waals surface area contributed by atoms with E-state index in [0.29, 0.717) is 18.7 Å². The minimum atomic E-state index is -4.49. The molecule has 0 saturated carbocycles. The second-order valence-electron chi connectivity index (χ2n) is 6.39. The molecule has 1 fully saturated rings. The molecule has 2 aromatic rings. The number of nitrogens with zero attached hydrogens (tertiary/aromatic N) is 2. The summed E-state index contributed by atoms with van der Waals surface area (Å²) in [5, 5.41) is 0. The van der Waals surface area contributed by atoms with Gasteiger partial charge in [-0.15, -0.1) is 11.8 Å². The van der Waals surface area contributed by atoms with Gasteiger partial charge in [0.1, 0.15) is 0 Å². The van der Waals surface area contributed by atoms with Crippen molar-refractivity contribution in [1.29, 1.82) is 0 Å². The van der Waals surface area contributed by atoms with Crippen molar-refractivity contribution in [2.24, 2.45) is 0 Å². The van der Waals surface area contributed by atoms with Gasteiger partial charge < -0.3 is 9.80 Å². The number of hydrogen-bond acceptors (Lipinski definition) is 3. The number of piperazine rings is 1. The van der Waals surface area contributed by atoms with Crippen LogP contribution in [0.1, 0.15) is 26.3 Å². The van der Waals surface area contributed by atoms with Crippen LogP contribution >= 0.6 is 11.8 Å². The zero-order valence-corrected chi connectivity index (χ0v) is 16.0. The maximum atomic E-state index is 12.9. The van der Waals surface area contributed by atoms with Gasteiger partial charge in [-0.05, 0) is 48.7 Å². The van der Waals surface area contributed by atoms with E-state index in [1.54, 1.807) is 28.8 Å². The number of hydrogen-bond donors (Lipinski definition) is 0. The Hall–Kier alpha value is -2.48. The van der Waals surface area contributed by atoms with Gasteiger partial charge >= 0.3 is 6.18 Å². The molecule has 1 aliphatic rings. The number of rotatable bonds is 3. The Morgan fingerprint density at radius 1 is 0.857 bits per heavy atom. The zero-order chi connectivity index (χ0) is 20.3. The number of benzene rings is 2. The fourth-order valence-corrected chi connectivity index (χ4v) is 3.45. The van der Waals surface area contributed by atoms with Gasteiger partial charge in [0.25, 0.3) is 11.8 Å². The van der Waals surface area contributed by atoms with E-state index in [1.165, 1.54) is 17.0 Å². The molecule has 3 rings (SSSR count). The SMILES string of the molecule is CSc1ccc(C(=O)N2CCN(C(=O)c3cccc(C(F)(F)F)c3)CC2)cc1. The third-order valence-electron chi connectivity index (χ3n) is 4.63. The molecule has 1 aliphatic heterocycles. The molecule has 0 aromatic heterocycles. The predicted octanol–water partition coefficient (Wildman–Crippen LogP) is 4.03. The highest BCUT2D eigenvalue weighted by Crippen LogP contribution is 2.29. The lowest BCUT2D eigenvalue weighted by Gasteiger charge is -2.35. The highest BCUT2D eigenvalue weighted by atomic mass is 32.2. The Kier molecular flexibility index (Phi) is 5.98. The summed E-state index contributed by atoms with van der Waals surface area (Å²) < 4.78 is 38.6. The van der Waals surface area contributed by atoms with Crippen LogP contribution in [0.5, 0.6) is 0 Å². The summed E-state index contributed by atoms with van der Waals surface area (Å²) in [4.78, 5) is 29.3. The standard InChI is InChI=1S/C20H19F3N2O2S/c1-28-17-7-5-14(6-8-17)18(26)24-9-11-25(12-10-24)19(27)15-3-2-4-16(13-15)20(21,22)23/h2-8,13H,9-12H2,1H3. The van der Waals surface area contributed by atoms with Crippen molar-refractivity contribution in [3.63, 3.8) is 0 Å². The average molecular weight is 408 g/mol. The summed E-state index contributed by atoms with van der Waals surface area (Å²) >= 11 is 1.59. The lowest BCUT2D eigenvalue weighted by Crippen LogP contribution is -2.50. The quantitative estimate of drug-likeness (QED) is 0.721. The highest BCUT2D eigenvalue weighted by Gasteiger charge is 2.32. The van der Waals surface area contributed by atoms with Gasteiger partial charge in [0.05, 0.1) is 5.56 Å². The molecular weight excluding hydrogens is 389 g/mol. The van der Waals surface area contributed by atoms with E-state index in [4.69, 9.17) is 0 Å². The molecule has 1 heterocycles. The van der Waals surface area contributed by atoms with E-state index in [0.717, 1.165) is 17.0 Å². The number of thioether (sulfide) groups is 1. The van der Waals surface area contributed by atoms with Crippen LogP contribution in [-0.4, -0.2) is 54.0 Å². The molecule has 2 amide bonds. The van der Waals surface area contributed by atoms with Gasteiger partial charge in [-0.3, -0.25) is 9.59 Å². The maximum Gasteiger partial charge on any atom is 0.416 e. The van der Waals surface area contributed by atoms with E-state index in [2.05, 4.69) is 0 Å². The van der Waals surface area contributed by atoms with Crippen molar-refractivity contribution in [2.45, 2.75) is 11.1 Å². The van der Waals surface area contributed by atoms with Crippen LogP contribution in [0.15, 0.2) is 53.4 Å². The fourth-order valence-electron chi connectivity index (χ4n) is 3.04. The molecule has 0 aliphatic carbocycles. The normalized spacial score (nSPS) is 14.9. The smallest absolute Gasteiger partial charge is 0.335 e. The molecule has 0 radical (unpaired) electrons. The molecule has 28 heavy (non-hydrogen) atoms. The fraction of sp³-hybridized carbons (Fsp3) is 0.300. The van der Waals surface area contributed by atoms with Crippen LogP contribution in [0, 0.1) is 0 Å². The van der Waals surface area contributed by atoms with Crippen molar-refractivity contribution in [1.82, 2.24) is 9.80 Å². The summed E-state index contributed by atoms with van der Waals surface area (Å²) in [7, 11) is 0. The van der Waals surface area contributed by atoms with Crippen molar-refractivity contribution < 1.29 is 22.8 Å². The topological polar surface area (TPSA) is 40.6 Å². The molecular formula is C20H19F3N2O2S. The molecule has 0 spiro atoms. The number of alkyl halides is 3. The summed E-state index contributed by atoms with van der Waals surface area (Å²) in [6, 6.07) is 11.7. The van der Waals surface area contributed by atoms with Crippen LogP contribution < -0.4 is 0 Å². The summed E-state index contributed by atoms with van der Waals surface area (Å²) in [6.07, 6.45) is -2.54. The Morgan fingerprint density at radius 3 is 1.89 bits per heavy atom.